The molecule has 2 aliphatic heterocycles. The highest BCUT2D eigenvalue weighted by Gasteiger charge is 2.42. The van der Waals surface area contributed by atoms with Crippen LogP contribution in [0.15, 0.2) is 0 Å². The predicted molar refractivity (Wildman–Crippen MR) is 115 cm³/mol. The van der Waals surface area contributed by atoms with E-state index in [2.05, 4.69) is 15.5 Å². The van der Waals surface area contributed by atoms with Gasteiger partial charge in [-0.05, 0) is 58.7 Å². The lowest BCUT2D eigenvalue weighted by molar-refractivity contribution is -0.188. The van der Waals surface area contributed by atoms with Crippen molar-refractivity contribution in [3.8, 4) is 0 Å². The SMILES string of the molecule is CCN(C(=O)NCCN1CCCC1)C(=O)[C@@H](CNC)C[C@H]1CCCC2(C1)OCCO2. The highest BCUT2D eigenvalue weighted by atomic mass is 16.7. The summed E-state index contributed by atoms with van der Waals surface area (Å²) in [6.45, 7) is 7.78. The second-order valence-corrected chi connectivity index (χ2v) is 8.92. The Balaban J connectivity index is 1.53. The molecule has 3 rings (SSSR count). The predicted octanol–water partition coefficient (Wildman–Crippen LogP) is 1.80. The van der Waals surface area contributed by atoms with Crippen LogP contribution in [0.5, 0.6) is 0 Å². The Kier molecular flexibility index (Phi) is 8.92. The fraction of sp³-hybridized carbons (Fsp3) is 0.909. The van der Waals surface area contributed by atoms with Crippen molar-refractivity contribution in [1.29, 1.82) is 0 Å². The van der Waals surface area contributed by atoms with Crippen LogP contribution in [0, 0.1) is 11.8 Å². The molecule has 0 aromatic rings. The van der Waals surface area contributed by atoms with Crippen molar-refractivity contribution in [2.45, 2.75) is 57.7 Å². The lowest BCUT2D eigenvalue weighted by Crippen LogP contribution is -2.49. The molecule has 8 nitrogen and oxygen atoms in total. The standard InChI is InChI=1S/C22H40N4O4/c1-3-26(21(28)24-9-12-25-10-4-5-11-25)20(27)19(17-23-2)15-18-7-6-8-22(16-18)29-13-14-30-22/h18-19,23H,3-17H2,1-2H3,(H,24,28)/t18-,19-/m1/s1. The molecule has 1 spiro atoms. The smallest absolute Gasteiger partial charge is 0.324 e. The van der Waals surface area contributed by atoms with Crippen LogP contribution < -0.4 is 10.6 Å². The van der Waals surface area contributed by atoms with E-state index in [1.54, 1.807) is 0 Å². The highest BCUT2D eigenvalue weighted by molar-refractivity contribution is 5.95. The van der Waals surface area contributed by atoms with E-state index < -0.39 is 5.79 Å². The molecule has 0 aromatic heterocycles. The van der Waals surface area contributed by atoms with Gasteiger partial charge in [0.25, 0.3) is 0 Å². The van der Waals surface area contributed by atoms with Crippen LogP contribution in [-0.4, -0.2) is 87.1 Å². The van der Waals surface area contributed by atoms with E-state index in [-0.39, 0.29) is 17.9 Å². The van der Waals surface area contributed by atoms with Gasteiger partial charge in [-0.25, -0.2) is 4.79 Å². The van der Waals surface area contributed by atoms with E-state index in [1.165, 1.54) is 17.7 Å². The third-order valence-corrected chi connectivity index (χ3v) is 6.73. The maximum absolute atomic E-state index is 13.3. The summed E-state index contributed by atoms with van der Waals surface area (Å²) in [6, 6.07) is -0.273. The largest absolute Gasteiger partial charge is 0.348 e. The molecule has 8 heteroatoms. The van der Waals surface area contributed by atoms with Crippen molar-refractivity contribution in [3.63, 3.8) is 0 Å². The second kappa shape index (κ2) is 11.4. The zero-order valence-corrected chi connectivity index (χ0v) is 18.8. The molecule has 2 heterocycles. The number of likely N-dealkylation sites (tertiary alicyclic amines) is 1. The number of ether oxygens (including phenoxy) is 2. The topological polar surface area (TPSA) is 83.1 Å². The fourth-order valence-electron chi connectivity index (χ4n) is 5.23. The number of carbonyl (C=O) groups is 2. The van der Waals surface area contributed by atoms with Crippen molar-refractivity contribution < 1.29 is 19.1 Å². The zero-order chi connectivity index (χ0) is 21.4. The Morgan fingerprint density at radius 3 is 2.60 bits per heavy atom. The Labute approximate surface area is 181 Å². The highest BCUT2D eigenvalue weighted by Crippen LogP contribution is 2.41. The average Bonchev–Trinajstić information content (AvgIpc) is 3.41. The summed E-state index contributed by atoms with van der Waals surface area (Å²) in [5.41, 5.74) is 0. The van der Waals surface area contributed by atoms with Gasteiger partial charge in [0.2, 0.25) is 5.91 Å². The van der Waals surface area contributed by atoms with Gasteiger partial charge in [0.05, 0.1) is 19.1 Å². The number of nitrogens with zero attached hydrogens (tertiary/aromatic N) is 2. The summed E-state index contributed by atoms with van der Waals surface area (Å²) < 4.78 is 11.8. The minimum atomic E-state index is -0.437. The van der Waals surface area contributed by atoms with Gasteiger partial charge in [0, 0.05) is 39.0 Å². The average molecular weight is 425 g/mol. The molecular formula is C22H40N4O4. The molecule has 3 aliphatic rings. The van der Waals surface area contributed by atoms with E-state index >= 15 is 0 Å². The molecule has 2 saturated heterocycles. The number of hydrogen-bond acceptors (Lipinski definition) is 6. The monoisotopic (exact) mass is 424 g/mol. The third-order valence-electron chi connectivity index (χ3n) is 6.73. The molecule has 1 aliphatic carbocycles. The van der Waals surface area contributed by atoms with Gasteiger partial charge in [0.15, 0.2) is 5.79 Å². The Morgan fingerprint density at radius 1 is 1.20 bits per heavy atom. The summed E-state index contributed by atoms with van der Waals surface area (Å²) in [4.78, 5) is 29.7. The van der Waals surface area contributed by atoms with E-state index in [4.69, 9.17) is 9.47 Å². The van der Waals surface area contributed by atoms with Crippen molar-refractivity contribution in [3.05, 3.63) is 0 Å². The molecule has 3 fully saturated rings. The van der Waals surface area contributed by atoms with Crippen LogP contribution in [0.1, 0.15) is 51.9 Å². The molecule has 0 unspecified atom stereocenters. The molecule has 2 atom stereocenters. The molecule has 30 heavy (non-hydrogen) atoms. The second-order valence-electron chi connectivity index (χ2n) is 8.92. The maximum Gasteiger partial charge on any atom is 0.324 e. The van der Waals surface area contributed by atoms with Crippen LogP contribution >= 0.6 is 0 Å². The summed E-state index contributed by atoms with van der Waals surface area (Å²) in [5.74, 6) is -0.372. The number of rotatable bonds is 9. The summed E-state index contributed by atoms with van der Waals surface area (Å²) in [7, 11) is 1.86. The van der Waals surface area contributed by atoms with Gasteiger partial charge < -0.3 is 25.0 Å². The van der Waals surface area contributed by atoms with Crippen LogP contribution in [0.2, 0.25) is 0 Å². The van der Waals surface area contributed by atoms with Gasteiger partial charge in [0.1, 0.15) is 0 Å². The summed E-state index contributed by atoms with van der Waals surface area (Å²) in [5, 5.41) is 6.09. The minimum absolute atomic E-state index is 0.0848. The zero-order valence-electron chi connectivity index (χ0n) is 18.8. The molecule has 172 valence electrons. The van der Waals surface area contributed by atoms with E-state index in [0.717, 1.165) is 51.7 Å². The summed E-state index contributed by atoms with van der Waals surface area (Å²) in [6.07, 6.45) is 7.14. The molecule has 1 saturated carbocycles. The van der Waals surface area contributed by atoms with Gasteiger partial charge >= 0.3 is 6.03 Å². The van der Waals surface area contributed by atoms with Crippen LogP contribution in [0.25, 0.3) is 0 Å². The van der Waals surface area contributed by atoms with Crippen molar-refractivity contribution in [2.75, 3.05) is 59.5 Å². The van der Waals surface area contributed by atoms with Crippen molar-refractivity contribution >= 4 is 11.9 Å². The quantitative estimate of drug-likeness (QED) is 0.587. The van der Waals surface area contributed by atoms with E-state index in [9.17, 15) is 9.59 Å². The number of hydrogen-bond donors (Lipinski definition) is 2. The first-order valence-electron chi connectivity index (χ1n) is 11.8. The first kappa shape index (κ1) is 23.4. The number of urea groups is 1. The van der Waals surface area contributed by atoms with Crippen molar-refractivity contribution in [1.82, 2.24) is 20.4 Å². The Hall–Kier alpha value is -1.22. The van der Waals surface area contributed by atoms with Crippen LogP contribution in [0.4, 0.5) is 4.79 Å². The van der Waals surface area contributed by atoms with Gasteiger partial charge in [-0.15, -0.1) is 0 Å². The number of imide groups is 1. The van der Waals surface area contributed by atoms with E-state index in [0.29, 0.717) is 38.8 Å². The first-order chi connectivity index (χ1) is 14.6. The molecular weight excluding hydrogens is 384 g/mol. The minimum Gasteiger partial charge on any atom is -0.348 e. The van der Waals surface area contributed by atoms with Gasteiger partial charge in [-0.1, -0.05) is 6.42 Å². The third kappa shape index (κ3) is 6.15. The maximum atomic E-state index is 13.3. The number of carbonyl (C=O) groups excluding carboxylic acids is 2. The summed E-state index contributed by atoms with van der Waals surface area (Å²) >= 11 is 0. The van der Waals surface area contributed by atoms with Gasteiger partial charge in [-0.3, -0.25) is 9.69 Å². The first-order valence-corrected chi connectivity index (χ1v) is 11.8. The lowest BCUT2D eigenvalue weighted by Gasteiger charge is -2.37. The molecule has 3 amide bonds. The van der Waals surface area contributed by atoms with Gasteiger partial charge in [-0.2, -0.15) is 0 Å². The normalized spacial score (nSPS) is 24.8. The number of nitrogens with one attached hydrogen (secondary N) is 2. The molecule has 0 bridgehead atoms. The van der Waals surface area contributed by atoms with Crippen LogP contribution in [-0.2, 0) is 14.3 Å². The Morgan fingerprint density at radius 2 is 1.93 bits per heavy atom. The van der Waals surface area contributed by atoms with Crippen LogP contribution in [0.3, 0.4) is 0 Å². The number of amides is 3. The molecule has 0 radical (unpaired) electrons. The molecule has 2 N–H and O–H groups in total. The lowest BCUT2D eigenvalue weighted by atomic mass is 9.79. The van der Waals surface area contributed by atoms with Crippen molar-refractivity contribution in [2.24, 2.45) is 11.8 Å². The Bertz CT molecular complexity index is 561. The van der Waals surface area contributed by atoms with E-state index in [1.807, 2.05) is 14.0 Å². The fourth-order valence-corrected chi connectivity index (χ4v) is 5.23. The molecule has 0 aromatic carbocycles.